The zero-order valence-electron chi connectivity index (χ0n) is 6.74. The largest absolute Gasteiger partial charge is 0.288 e. The number of hydrogen-bond acceptors (Lipinski definition) is 1. The van der Waals surface area contributed by atoms with E-state index in [1.54, 1.807) is 0 Å². The highest BCUT2D eigenvalue weighted by Gasteiger charge is 2.02. The van der Waals surface area contributed by atoms with Crippen molar-refractivity contribution in [3.63, 3.8) is 0 Å². The van der Waals surface area contributed by atoms with Crippen molar-refractivity contribution in [3.05, 3.63) is 36.0 Å². The van der Waals surface area contributed by atoms with Gasteiger partial charge in [-0.05, 0) is 13.0 Å². The molecule has 0 spiro atoms. The molecule has 2 nitrogen and oxygen atoms in total. The summed E-state index contributed by atoms with van der Waals surface area (Å²) >= 11 is 0. The Bertz CT molecular complexity index is 423. The average molecular weight is 158 g/mol. The maximum atomic E-state index is 11.2. The van der Waals surface area contributed by atoms with Crippen LogP contribution in [0, 0.1) is 6.92 Å². The van der Waals surface area contributed by atoms with Crippen molar-refractivity contribution in [1.29, 1.82) is 0 Å². The third-order valence-corrected chi connectivity index (χ3v) is 2.00. The molecule has 2 aromatic rings. The molecule has 2 heteroatoms. The van der Waals surface area contributed by atoms with Crippen molar-refractivity contribution in [3.8, 4) is 5.75 Å². The molecule has 0 N–H and O–H groups in total. The Morgan fingerprint density at radius 2 is 2.00 bits per heavy atom. The summed E-state index contributed by atoms with van der Waals surface area (Å²) in [6, 6.07) is 7.65. The van der Waals surface area contributed by atoms with Crippen LogP contribution in [0.2, 0.25) is 0 Å². The molecular weight excluding hydrogens is 150 g/mol. The van der Waals surface area contributed by atoms with Gasteiger partial charge in [0.15, 0.2) is 5.75 Å². The standard InChI is InChI=1S/C10H8NO/c1-7-8-4-2-3-5-9(8)11-6-10(7)12/h2-6H,1H3. The summed E-state index contributed by atoms with van der Waals surface area (Å²) in [4.78, 5) is 4.03. The van der Waals surface area contributed by atoms with E-state index in [1.165, 1.54) is 6.20 Å². The number of aryl methyl sites for hydroxylation is 1. The minimum atomic E-state index is 0.00806. The molecule has 1 aromatic heterocycles. The van der Waals surface area contributed by atoms with E-state index in [0.29, 0.717) is 0 Å². The molecule has 0 aliphatic heterocycles. The van der Waals surface area contributed by atoms with Crippen LogP contribution >= 0.6 is 0 Å². The smallest absolute Gasteiger partial charge is 0.200 e. The van der Waals surface area contributed by atoms with Crippen LogP contribution in [0.3, 0.4) is 0 Å². The Morgan fingerprint density at radius 1 is 1.25 bits per heavy atom. The van der Waals surface area contributed by atoms with Gasteiger partial charge in [0.1, 0.15) is 0 Å². The van der Waals surface area contributed by atoms with Gasteiger partial charge >= 0.3 is 0 Å². The molecule has 0 saturated carbocycles. The molecule has 1 heterocycles. The Kier molecular flexibility index (Phi) is 1.47. The predicted octanol–water partition coefficient (Wildman–Crippen LogP) is 2.69. The number of para-hydroxylation sites is 1. The molecule has 0 saturated heterocycles. The van der Waals surface area contributed by atoms with Gasteiger partial charge in [0.05, 0.1) is 11.7 Å². The van der Waals surface area contributed by atoms with Crippen LogP contribution in [0.1, 0.15) is 5.56 Å². The molecule has 0 bridgehead atoms. The van der Waals surface area contributed by atoms with E-state index in [0.717, 1.165) is 16.5 Å². The average Bonchev–Trinajstić information content (AvgIpc) is 2.12. The van der Waals surface area contributed by atoms with Crippen LogP contribution in [0.15, 0.2) is 30.5 Å². The highest BCUT2D eigenvalue weighted by Crippen LogP contribution is 2.23. The zero-order chi connectivity index (χ0) is 8.55. The highest BCUT2D eigenvalue weighted by atomic mass is 16.3. The fraction of sp³-hybridized carbons (Fsp3) is 0.100. The molecule has 0 aliphatic rings. The SMILES string of the molecule is Cc1c([O])cnc2ccccc12. The molecule has 0 amide bonds. The van der Waals surface area contributed by atoms with Crippen LogP contribution in [-0.4, -0.2) is 4.98 Å². The number of aromatic nitrogens is 1. The number of hydrogen-bond donors (Lipinski definition) is 0. The lowest BCUT2D eigenvalue weighted by molar-refractivity contribution is 0.351. The predicted molar refractivity (Wildman–Crippen MR) is 46.6 cm³/mol. The van der Waals surface area contributed by atoms with Crippen LogP contribution in [0.4, 0.5) is 0 Å². The summed E-state index contributed by atoms with van der Waals surface area (Å²) in [6.45, 7) is 1.83. The first-order valence-electron chi connectivity index (χ1n) is 3.80. The Hall–Kier alpha value is -1.57. The van der Waals surface area contributed by atoms with E-state index in [-0.39, 0.29) is 5.75 Å². The third kappa shape index (κ3) is 0.925. The van der Waals surface area contributed by atoms with E-state index in [2.05, 4.69) is 4.98 Å². The molecular formula is C10H8NO. The summed E-state index contributed by atoms with van der Waals surface area (Å²) < 4.78 is 0. The Morgan fingerprint density at radius 3 is 2.83 bits per heavy atom. The maximum Gasteiger partial charge on any atom is 0.200 e. The van der Waals surface area contributed by atoms with E-state index < -0.39 is 0 Å². The maximum absolute atomic E-state index is 11.2. The highest BCUT2D eigenvalue weighted by molar-refractivity contribution is 5.83. The van der Waals surface area contributed by atoms with E-state index in [9.17, 15) is 5.11 Å². The van der Waals surface area contributed by atoms with Crippen molar-refractivity contribution in [2.45, 2.75) is 6.92 Å². The van der Waals surface area contributed by atoms with Crippen molar-refractivity contribution in [2.24, 2.45) is 0 Å². The first-order chi connectivity index (χ1) is 5.79. The van der Waals surface area contributed by atoms with Gasteiger partial charge < -0.3 is 0 Å². The lowest BCUT2D eigenvalue weighted by Gasteiger charge is -1.99. The van der Waals surface area contributed by atoms with Gasteiger partial charge in [-0.3, -0.25) is 10.1 Å². The molecule has 0 unspecified atom stereocenters. The third-order valence-electron chi connectivity index (χ3n) is 2.00. The quantitative estimate of drug-likeness (QED) is 0.580. The van der Waals surface area contributed by atoms with Crippen molar-refractivity contribution < 1.29 is 5.11 Å². The minimum absolute atomic E-state index is 0.00806. The minimum Gasteiger partial charge on any atom is -0.288 e. The summed E-state index contributed by atoms with van der Waals surface area (Å²) in [6.07, 6.45) is 1.37. The molecule has 0 aliphatic carbocycles. The van der Waals surface area contributed by atoms with Gasteiger partial charge in [-0.25, -0.2) is 0 Å². The second kappa shape index (κ2) is 2.48. The summed E-state index contributed by atoms with van der Waals surface area (Å²) in [5.74, 6) is 0.00806. The van der Waals surface area contributed by atoms with Gasteiger partial charge in [-0.2, -0.15) is 0 Å². The Labute approximate surface area is 70.5 Å². The van der Waals surface area contributed by atoms with E-state index in [1.807, 2.05) is 31.2 Å². The number of rotatable bonds is 0. The van der Waals surface area contributed by atoms with E-state index in [4.69, 9.17) is 0 Å². The van der Waals surface area contributed by atoms with Gasteiger partial charge in [-0.15, -0.1) is 0 Å². The van der Waals surface area contributed by atoms with Gasteiger partial charge in [0, 0.05) is 10.9 Å². The summed E-state index contributed by atoms with van der Waals surface area (Å²) in [5, 5.41) is 12.1. The number of fused-ring (bicyclic) bond motifs is 1. The molecule has 1 aromatic carbocycles. The first-order valence-corrected chi connectivity index (χ1v) is 3.80. The van der Waals surface area contributed by atoms with Gasteiger partial charge in [-0.1, -0.05) is 18.2 Å². The van der Waals surface area contributed by atoms with Crippen LogP contribution in [-0.2, 0) is 5.11 Å². The van der Waals surface area contributed by atoms with Crippen molar-refractivity contribution >= 4 is 10.9 Å². The molecule has 1 radical (unpaired) electrons. The lowest BCUT2D eigenvalue weighted by atomic mass is 10.1. The molecule has 0 atom stereocenters. The Balaban J connectivity index is 2.91. The van der Waals surface area contributed by atoms with Crippen molar-refractivity contribution in [2.75, 3.05) is 0 Å². The van der Waals surface area contributed by atoms with E-state index >= 15 is 0 Å². The van der Waals surface area contributed by atoms with Crippen LogP contribution < -0.4 is 0 Å². The molecule has 12 heavy (non-hydrogen) atoms. The number of nitrogens with zero attached hydrogens (tertiary/aromatic N) is 1. The topological polar surface area (TPSA) is 32.8 Å². The number of benzene rings is 1. The van der Waals surface area contributed by atoms with Crippen LogP contribution in [0.5, 0.6) is 5.75 Å². The summed E-state index contributed by atoms with van der Waals surface area (Å²) in [5.41, 5.74) is 1.66. The fourth-order valence-corrected chi connectivity index (χ4v) is 1.26. The molecule has 59 valence electrons. The normalized spacial score (nSPS) is 10.4. The van der Waals surface area contributed by atoms with Gasteiger partial charge in [0.2, 0.25) is 0 Å². The second-order valence-corrected chi connectivity index (χ2v) is 2.76. The summed E-state index contributed by atoms with van der Waals surface area (Å²) in [7, 11) is 0. The fourth-order valence-electron chi connectivity index (χ4n) is 1.26. The second-order valence-electron chi connectivity index (χ2n) is 2.76. The zero-order valence-corrected chi connectivity index (χ0v) is 6.74. The van der Waals surface area contributed by atoms with Crippen molar-refractivity contribution in [1.82, 2.24) is 4.98 Å². The number of pyridine rings is 1. The lowest BCUT2D eigenvalue weighted by Crippen LogP contribution is -1.81. The molecule has 2 rings (SSSR count). The first kappa shape index (κ1) is 7.10. The monoisotopic (exact) mass is 158 g/mol. The van der Waals surface area contributed by atoms with Crippen LogP contribution in [0.25, 0.3) is 10.9 Å². The molecule has 0 fully saturated rings. The van der Waals surface area contributed by atoms with Gasteiger partial charge in [0.25, 0.3) is 0 Å².